The highest BCUT2D eigenvalue weighted by atomic mass is 16.5. The zero-order valence-electron chi connectivity index (χ0n) is 11.3. The highest BCUT2D eigenvalue weighted by molar-refractivity contribution is 5.96. The Labute approximate surface area is 111 Å². The standard InChI is InChI=1S/C12H19N3O4/c1-8-7-10(9(2)19-8)11(16)14-15-12(17)13-5-4-6-18-3/h7H,4-6H2,1-3H3,(H,14,16)(H2,13,15,17). The Morgan fingerprint density at radius 3 is 2.63 bits per heavy atom. The van der Waals surface area contributed by atoms with Crippen LogP contribution < -0.4 is 16.2 Å². The van der Waals surface area contributed by atoms with Gasteiger partial charge in [0.05, 0.1) is 5.56 Å². The summed E-state index contributed by atoms with van der Waals surface area (Å²) in [5, 5.41) is 2.58. The summed E-state index contributed by atoms with van der Waals surface area (Å²) in [6.07, 6.45) is 0.706. The van der Waals surface area contributed by atoms with Gasteiger partial charge in [0.15, 0.2) is 0 Å². The molecule has 0 unspecified atom stereocenters. The van der Waals surface area contributed by atoms with E-state index >= 15 is 0 Å². The van der Waals surface area contributed by atoms with Crippen molar-refractivity contribution < 1.29 is 18.7 Å². The van der Waals surface area contributed by atoms with E-state index in [2.05, 4.69) is 16.2 Å². The molecule has 0 aromatic carbocycles. The van der Waals surface area contributed by atoms with E-state index in [0.717, 1.165) is 0 Å². The maximum absolute atomic E-state index is 11.7. The summed E-state index contributed by atoms with van der Waals surface area (Å²) < 4.78 is 10.1. The molecule has 1 rings (SSSR count). The predicted octanol–water partition coefficient (Wildman–Crippen LogP) is 0.877. The first-order valence-electron chi connectivity index (χ1n) is 5.94. The van der Waals surface area contributed by atoms with E-state index in [1.165, 1.54) is 0 Å². The van der Waals surface area contributed by atoms with Gasteiger partial charge in [-0.15, -0.1) is 0 Å². The van der Waals surface area contributed by atoms with Crippen LogP contribution >= 0.6 is 0 Å². The van der Waals surface area contributed by atoms with Crippen LogP contribution in [0.15, 0.2) is 10.5 Å². The number of carbonyl (C=O) groups excluding carboxylic acids is 2. The van der Waals surface area contributed by atoms with Crippen LogP contribution in [0.1, 0.15) is 28.3 Å². The zero-order valence-corrected chi connectivity index (χ0v) is 11.3. The third kappa shape index (κ3) is 5.01. The number of hydrogen-bond donors (Lipinski definition) is 3. The molecule has 0 aliphatic rings. The van der Waals surface area contributed by atoms with Crippen molar-refractivity contribution >= 4 is 11.9 Å². The lowest BCUT2D eigenvalue weighted by Crippen LogP contribution is -2.47. The van der Waals surface area contributed by atoms with Gasteiger partial charge in [-0.3, -0.25) is 10.2 Å². The predicted molar refractivity (Wildman–Crippen MR) is 68.7 cm³/mol. The Morgan fingerprint density at radius 1 is 1.32 bits per heavy atom. The number of carbonyl (C=O) groups is 2. The maximum atomic E-state index is 11.7. The summed E-state index contributed by atoms with van der Waals surface area (Å²) in [5.74, 6) is 0.741. The molecule has 3 N–H and O–H groups in total. The minimum absolute atomic E-state index is 0.400. The van der Waals surface area contributed by atoms with Crippen molar-refractivity contribution in [3.8, 4) is 0 Å². The van der Waals surface area contributed by atoms with Crippen molar-refractivity contribution in [2.75, 3.05) is 20.3 Å². The maximum Gasteiger partial charge on any atom is 0.333 e. The lowest BCUT2D eigenvalue weighted by Gasteiger charge is -2.08. The van der Waals surface area contributed by atoms with Crippen LogP contribution in [-0.2, 0) is 4.74 Å². The van der Waals surface area contributed by atoms with Crippen molar-refractivity contribution in [2.24, 2.45) is 0 Å². The molecule has 0 saturated heterocycles. The summed E-state index contributed by atoms with van der Waals surface area (Å²) in [5.41, 5.74) is 4.96. The average Bonchev–Trinajstić information content (AvgIpc) is 2.71. The zero-order chi connectivity index (χ0) is 14.3. The Morgan fingerprint density at radius 2 is 2.05 bits per heavy atom. The Hall–Kier alpha value is -2.02. The van der Waals surface area contributed by atoms with E-state index in [9.17, 15) is 9.59 Å². The Balaban J connectivity index is 2.30. The number of methoxy groups -OCH3 is 1. The molecule has 0 bridgehead atoms. The number of aryl methyl sites for hydroxylation is 2. The van der Waals surface area contributed by atoms with Gasteiger partial charge < -0.3 is 14.5 Å². The smallest absolute Gasteiger partial charge is 0.333 e. The SMILES string of the molecule is COCCCNC(=O)NNC(=O)c1cc(C)oc1C. The fourth-order valence-corrected chi connectivity index (χ4v) is 1.50. The van der Waals surface area contributed by atoms with Crippen LogP contribution in [0.25, 0.3) is 0 Å². The van der Waals surface area contributed by atoms with Crippen molar-refractivity contribution in [2.45, 2.75) is 20.3 Å². The van der Waals surface area contributed by atoms with E-state index in [1.54, 1.807) is 27.0 Å². The molecule has 0 spiro atoms. The van der Waals surface area contributed by atoms with Gasteiger partial charge in [-0.2, -0.15) is 0 Å². The van der Waals surface area contributed by atoms with Crippen LogP contribution in [0.5, 0.6) is 0 Å². The molecule has 0 radical (unpaired) electrons. The molecule has 1 aromatic heterocycles. The lowest BCUT2D eigenvalue weighted by atomic mass is 10.2. The molecule has 0 atom stereocenters. The van der Waals surface area contributed by atoms with Crippen LogP contribution in [0.4, 0.5) is 4.79 Å². The molecule has 7 heteroatoms. The largest absolute Gasteiger partial charge is 0.466 e. The van der Waals surface area contributed by atoms with Gasteiger partial charge in [0, 0.05) is 20.3 Å². The van der Waals surface area contributed by atoms with Crippen molar-refractivity contribution in [3.63, 3.8) is 0 Å². The number of rotatable bonds is 5. The van der Waals surface area contributed by atoms with Gasteiger partial charge >= 0.3 is 6.03 Å². The molecule has 0 fully saturated rings. The summed E-state index contributed by atoms with van der Waals surface area (Å²) in [7, 11) is 1.59. The molecular formula is C12H19N3O4. The van der Waals surface area contributed by atoms with E-state index in [-0.39, 0.29) is 0 Å². The van der Waals surface area contributed by atoms with Crippen LogP contribution in [0, 0.1) is 13.8 Å². The molecule has 19 heavy (non-hydrogen) atoms. The summed E-state index contributed by atoms with van der Waals surface area (Å²) in [6, 6.07) is 1.14. The topological polar surface area (TPSA) is 92.6 Å². The summed E-state index contributed by atoms with van der Waals surface area (Å²) in [4.78, 5) is 23.1. The lowest BCUT2D eigenvalue weighted by molar-refractivity contribution is 0.0934. The Kier molecular flexibility index (Phi) is 5.87. The van der Waals surface area contributed by atoms with Gasteiger partial charge in [0.25, 0.3) is 5.91 Å². The second-order valence-electron chi connectivity index (χ2n) is 4.01. The van der Waals surface area contributed by atoms with Gasteiger partial charge in [-0.1, -0.05) is 0 Å². The minimum atomic E-state index is -0.470. The number of ether oxygens (including phenoxy) is 1. The van der Waals surface area contributed by atoms with Crippen molar-refractivity contribution in [1.82, 2.24) is 16.2 Å². The summed E-state index contributed by atoms with van der Waals surface area (Å²) in [6.45, 7) is 4.48. The quantitative estimate of drug-likeness (QED) is 0.546. The highest BCUT2D eigenvalue weighted by Crippen LogP contribution is 2.12. The van der Waals surface area contributed by atoms with E-state index in [0.29, 0.717) is 36.7 Å². The van der Waals surface area contributed by atoms with Crippen molar-refractivity contribution in [3.05, 3.63) is 23.2 Å². The fraction of sp³-hybridized carbons (Fsp3) is 0.500. The number of hydrazine groups is 1. The fourth-order valence-electron chi connectivity index (χ4n) is 1.50. The normalized spacial score (nSPS) is 10.1. The average molecular weight is 269 g/mol. The van der Waals surface area contributed by atoms with E-state index in [1.807, 2.05) is 0 Å². The number of furan rings is 1. The van der Waals surface area contributed by atoms with Gasteiger partial charge in [-0.05, 0) is 26.3 Å². The van der Waals surface area contributed by atoms with Crippen molar-refractivity contribution in [1.29, 1.82) is 0 Å². The van der Waals surface area contributed by atoms with Crippen LogP contribution in [0.3, 0.4) is 0 Å². The monoisotopic (exact) mass is 269 g/mol. The molecule has 0 aliphatic heterocycles. The molecule has 0 aliphatic carbocycles. The number of hydrogen-bond acceptors (Lipinski definition) is 4. The molecule has 7 nitrogen and oxygen atoms in total. The van der Waals surface area contributed by atoms with Gasteiger partial charge in [0.1, 0.15) is 11.5 Å². The third-order valence-corrected chi connectivity index (χ3v) is 2.39. The number of nitrogens with one attached hydrogen (secondary N) is 3. The van der Waals surface area contributed by atoms with Crippen LogP contribution in [0.2, 0.25) is 0 Å². The summed E-state index contributed by atoms with van der Waals surface area (Å²) >= 11 is 0. The van der Waals surface area contributed by atoms with E-state index < -0.39 is 11.9 Å². The first-order chi connectivity index (χ1) is 9.04. The molecule has 1 heterocycles. The Bertz CT molecular complexity index is 442. The number of urea groups is 1. The molecular weight excluding hydrogens is 250 g/mol. The second-order valence-corrected chi connectivity index (χ2v) is 4.01. The third-order valence-electron chi connectivity index (χ3n) is 2.39. The van der Waals surface area contributed by atoms with E-state index in [4.69, 9.17) is 9.15 Å². The second kappa shape index (κ2) is 7.42. The minimum Gasteiger partial charge on any atom is -0.466 e. The number of amides is 3. The van der Waals surface area contributed by atoms with Crippen LogP contribution in [-0.4, -0.2) is 32.2 Å². The molecule has 106 valence electrons. The molecule has 1 aromatic rings. The molecule has 0 saturated carbocycles. The van der Waals surface area contributed by atoms with Gasteiger partial charge in [-0.25, -0.2) is 10.2 Å². The van der Waals surface area contributed by atoms with Gasteiger partial charge in [0.2, 0.25) is 0 Å². The molecule has 3 amide bonds. The first-order valence-corrected chi connectivity index (χ1v) is 5.94. The first kappa shape index (κ1) is 15.0. The highest BCUT2D eigenvalue weighted by Gasteiger charge is 2.13.